The first kappa shape index (κ1) is 13.9. The molecule has 4 atom stereocenters. The minimum Gasteiger partial charge on any atom is -0.384 e. The number of nitrogens with zero attached hydrogens (tertiary/aromatic N) is 2. The van der Waals surface area contributed by atoms with Crippen LogP contribution in [-0.4, -0.2) is 43.9 Å². The zero-order valence-electron chi connectivity index (χ0n) is 9.99. The Morgan fingerprint density at radius 1 is 1.68 bits per heavy atom. The van der Waals surface area contributed by atoms with Gasteiger partial charge in [0.2, 0.25) is 0 Å². The average molecular weight is 274 g/mol. The lowest BCUT2D eigenvalue weighted by Gasteiger charge is -2.27. The fourth-order valence-corrected chi connectivity index (χ4v) is 2.00. The van der Waals surface area contributed by atoms with Crippen LogP contribution in [0.2, 0.25) is 0 Å². The number of aliphatic hydroxyl groups excluding tert-OH is 1. The van der Waals surface area contributed by atoms with Crippen molar-refractivity contribution < 1.29 is 24.4 Å². The Kier molecular flexibility index (Phi) is 3.09. The van der Waals surface area contributed by atoms with Crippen molar-refractivity contribution in [1.82, 2.24) is 9.55 Å². The molecule has 0 aromatic carbocycles. The van der Waals surface area contributed by atoms with E-state index in [0.717, 1.165) is 17.7 Å². The van der Waals surface area contributed by atoms with Gasteiger partial charge in [0, 0.05) is 6.20 Å². The Balaban J connectivity index is 2.48. The fourth-order valence-electron chi connectivity index (χ4n) is 2.00. The average Bonchev–Trinajstić information content (AvgIpc) is 2.51. The van der Waals surface area contributed by atoms with E-state index in [-0.39, 0.29) is 5.82 Å². The van der Waals surface area contributed by atoms with Crippen molar-refractivity contribution in [2.45, 2.75) is 30.7 Å². The van der Waals surface area contributed by atoms with Gasteiger partial charge in [-0.25, -0.2) is 14.3 Å². The summed E-state index contributed by atoms with van der Waals surface area (Å²) < 4.78 is 19.5. The maximum atomic E-state index is 14.0. The van der Waals surface area contributed by atoms with E-state index in [2.05, 4.69) is 4.98 Å². The summed E-state index contributed by atoms with van der Waals surface area (Å²) in [4.78, 5) is 15.0. The van der Waals surface area contributed by atoms with Gasteiger partial charge in [-0.2, -0.15) is 4.98 Å². The molecule has 8 nitrogen and oxygen atoms in total. The van der Waals surface area contributed by atoms with Crippen molar-refractivity contribution in [3.8, 4) is 0 Å². The third-order valence-corrected chi connectivity index (χ3v) is 3.07. The Hall–Kier alpha value is -1.55. The van der Waals surface area contributed by atoms with E-state index in [9.17, 15) is 24.5 Å². The highest BCUT2D eigenvalue weighted by Gasteiger charge is 2.63. The van der Waals surface area contributed by atoms with Crippen LogP contribution in [-0.2, 0) is 9.84 Å². The van der Waals surface area contributed by atoms with Crippen molar-refractivity contribution in [3.05, 3.63) is 22.7 Å². The molecule has 1 radical (unpaired) electrons. The number of anilines is 1. The molecule has 105 valence electrons. The first-order valence-corrected chi connectivity index (χ1v) is 5.42. The third kappa shape index (κ3) is 2.00. The van der Waals surface area contributed by atoms with Crippen LogP contribution in [0.5, 0.6) is 0 Å². The highest BCUT2D eigenvalue weighted by Crippen LogP contribution is 2.44. The van der Waals surface area contributed by atoms with Gasteiger partial charge in [0.1, 0.15) is 24.1 Å². The van der Waals surface area contributed by atoms with Gasteiger partial charge in [0.15, 0.2) is 6.23 Å². The van der Waals surface area contributed by atoms with E-state index < -0.39 is 36.1 Å². The van der Waals surface area contributed by atoms with Crippen LogP contribution in [0.15, 0.2) is 17.1 Å². The fraction of sp³-hybridized carbons (Fsp3) is 0.600. The second-order valence-corrected chi connectivity index (χ2v) is 4.57. The quantitative estimate of drug-likeness (QED) is 0.605. The highest BCUT2D eigenvalue weighted by molar-refractivity contribution is 5.24. The molecule has 1 saturated heterocycles. The number of aliphatic hydroxyl groups is 2. The van der Waals surface area contributed by atoms with Crippen LogP contribution in [0.1, 0.15) is 13.2 Å². The molecule has 0 unspecified atom stereocenters. The SMILES string of the molecule is C[C@]1(O)[C@H](n2ccc(N)nc2=O)O[C@](F)(C[O])[C@H]1O. The van der Waals surface area contributed by atoms with E-state index >= 15 is 0 Å². The normalized spacial score (nSPS) is 38.6. The van der Waals surface area contributed by atoms with Gasteiger partial charge in [-0.05, 0) is 13.0 Å². The summed E-state index contributed by atoms with van der Waals surface area (Å²) in [5, 5.41) is 30.5. The van der Waals surface area contributed by atoms with Crippen molar-refractivity contribution >= 4 is 5.82 Å². The zero-order valence-corrected chi connectivity index (χ0v) is 9.99. The first-order chi connectivity index (χ1) is 8.72. The van der Waals surface area contributed by atoms with Crippen LogP contribution in [0.4, 0.5) is 10.2 Å². The first-order valence-electron chi connectivity index (χ1n) is 5.42. The number of aromatic nitrogens is 2. The third-order valence-electron chi connectivity index (χ3n) is 3.07. The number of nitrogens with two attached hydrogens (primary N) is 1. The monoisotopic (exact) mass is 274 g/mol. The predicted molar refractivity (Wildman–Crippen MR) is 59.1 cm³/mol. The molecule has 1 fully saturated rings. The minimum atomic E-state index is -2.98. The van der Waals surface area contributed by atoms with Gasteiger partial charge in [-0.1, -0.05) is 0 Å². The van der Waals surface area contributed by atoms with Crippen LogP contribution in [0.3, 0.4) is 0 Å². The maximum absolute atomic E-state index is 14.0. The standard InChI is InChI=1S/C10H13FN3O5/c1-9(18)6(16)10(11,4-15)19-7(9)14-3-2-5(12)13-8(14)17/h2-3,6-7,16,18H,4H2,1H3,(H2,12,13,17)/t6-,7+,9+,10+/m0/s1. The molecule has 2 heterocycles. The van der Waals surface area contributed by atoms with Gasteiger partial charge in [0.25, 0.3) is 5.85 Å². The lowest BCUT2D eigenvalue weighted by atomic mass is 9.95. The molecule has 0 amide bonds. The van der Waals surface area contributed by atoms with E-state index in [1.165, 1.54) is 6.07 Å². The number of ether oxygens (including phenoxy) is 1. The number of alkyl halides is 1. The summed E-state index contributed by atoms with van der Waals surface area (Å²) in [6.45, 7) is -0.361. The van der Waals surface area contributed by atoms with Crippen molar-refractivity contribution in [2.75, 3.05) is 12.3 Å². The van der Waals surface area contributed by atoms with Gasteiger partial charge >= 0.3 is 5.69 Å². The molecule has 1 aliphatic heterocycles. The van der Waals surface area contributed by atoms with Gasteiger partial charge in [-0.15, -0.1) is 0 Å². The lowest BCUT2D eigenvalue weighted by molar-refractivity contribution is -0.216. The van der Waals surface area contributed by atoms with Crippen molar-refractivity contribution in [3.63, 3.8) is 0 Å². The molecular weight excluding hydrogens is 261 g/mol. The van der Waals surface area contributed by atoms with Crippen LogP contribution in [0.25, 0.3) is 0 Å². The predicted octanol–water partition coefficient (Wildman–Crippen LogP) is -1.44. The van der Waals surface area contributed by atoms with Crippen LogP contribution >= 0.6 is 0 Å². The highest BCUT2D eigenvalue weighted by atomic mass is 19.2. The zero-order chi connectivity index (χ0) is 14.4. The van der Waals surface area contributed by atoms with E-state index in [1.54, 1.807) is 0 Å². The summed E-state index contributed by atoms with van der Waals surface area (Å²) in [5.41, 5.74) is 2.24. The summed E-state index contributed by atoms with van der Waals surface area (Å²) in [5.74, 6) is -3.04. The molecule has 0 bridgehead atoms. The van der Waals surface area contributed by atoms with E-state index in [0.29, 0.717) is 0 Å². The summed E-state index contributed by atoms with van der Waals surface area (Å²) in [7, 11) is 0. The minimum absolute atomic E-state index is 0.0604. The van der Waals surface area contributed by atoms with Crippen LogP contribution < -0.4 is 11.4 Å². The Morgan fingerprint density at radius 3 is 2.79 bits per heavy atom. The second kappa shape index (κ2) is 4.23. The van der Waals surface area contributed by atoms with Gasteiger partial charge in [-0.3, -0.25) is 4.57 Å². The topological polar surface area (TPSA) is 130 Å². The Labute approximate surface area is 106 Å². The van der Waals surface area contributed by atoms with E-state index in [1.807, 2.05) is 0 Å². The number of rotatable bonds is 2. The molecule has 0 aliphatic carbocycles. The summed E-state index contributed by atoms with van der Waals surface area (Å²) >= 11 is 0. The lowest BCUT2D eigenvalue weighted by Crippen LogP contribution is -2.49. The Morgan fingerprint density at radius 2 is 2.32 bits per heavy atom. The maximum Gasteiger partial charge on any atom is 0.351 e. The molecule has 1 aliphatic rings. The molecule has 4 N–H and O–H groups in total. The summed E-state index contributed by atoms with van der Waals surface area (Å²) in [6, 6.07) is 1.24. The molecular formula is C10H13FN3O5. The number of nitrogen functional groups attached to an aromatic ring is 1. The molecule has 1 aromatic rings. The van der Waals surface area contributed by atoms with Crippen LogP contribution in [0, 0.1) is 0 Å². The van der Waals surface area contributed by atoms with Gasteiger partial charge < -0.3 is 20.7 Å². The second-order valence-electron chi connectivity index (χ2n) is 4.57. The number of halogens is 1. The largest absolute Gasteiger partial charge is 0.384 e. The smallest absolute Gasteiger partial charge is 0.351 e. The number of hydrogen-bond acceptors (Lipinski definition) is 6. The number of hydrogen-bond donors (Lipinski definition) is 3. The van der Waals surface area contributed by atoms with Gasteiger partial charge in [0.05, 0.1) is 0 Å². The molecule has 1 aromatic heterocycles. The van der Waals surface area contributed by atoms with E-state index in [4.69, 9.17) is 10.5 Å². The van der Waals surface area contributed by atoms with Crippen molar-refractivity contribution in [1.29, 1.82) is 0 Å². The molecule has 9 heteroatoms. The molecule has 0 spiro atoms. The summed E-state index contributed by atoms with van der Waals surface area (Å²) in [6.07, 6.45) is -2.54. The van der Waals surface area contributed by atoms with Crippen molar-refractivity contribution in [2.24, 2.45) is 0 Å². The Bertz CT molecular complexity index is 548. The molecule has 0 saturated carbocycles. The molecule has 2 rings (SSSR count). The molecule has 19 heavy (non-hydrogen) atoms.